The summed E-state index contributed by atoms with van der Waals surface area (Å²) < 4.78 is 0. The Morgan fingerprint density at radius 1 is 0.750 bits per heavy atom. The molecule has 6 nitrogen and oxygen atoms in total. The van der Waals surface area contributed by atoms with Gasteiger partial charge in [-0.1, -0.05) is 60.7 Å². The quantitative estimate of drug-likeness (QED) is 0.371. The Morgan fingerprint density at radius 3 is 1.97 bits per heavy atom. The van der Waals surface area contributed by atoms with E-state index in [1.165, 1.54) is 0 Å². The standard InChI is InChI=1S/C26H19N5O/c1-30(2)17-13-11-16(12-14-17)15-22-25(32)28-26-27-23-20-9-5-3-7-18(20)19-8-4-6-10-21(19)24(23)29-31(22)26/h3-15H,1-2H3. The highest BCUT2D eigenvalue weighted by Gasteiger charge is 2.32. The Labute approximate surface area is 184 Å². The number of anilines is 1. The largest absolute Gasteiger partial charge is 0.378 e. The third-order valence-electron chi connectivity index (χ3n) is 5.84. The van der Waals surface area contributed by atoms with E-state index in [0.29, 0.717) is 11.7 Å². The summed E-state index contributed by atoms with van der Waals surface area (Å²) in [5.41, 5.74) is 2.38. The topological polar surface area (TPSA) is 60.6 Å². The second-order valence-corrected chi connectivity index (χ2v) is 8.04. The molecule has 0 aromatic heterocycles. The summed E-state index contributed by atoms with van der Waals surface area (Å²) >= 11 is 0. The molecule has 32 heavy (non-hydrogen) atoms. The lowest BCUT2D eigenvalue weighted by atomic mass is 10.0. The minimum atomic E-state index is -0.342. The number of hydrogen-bond acceptors (Lipinski definition) is 5. The summed E-state index contributed by atoms with van der Waals surface area (Å²) in [4.78, 5) is 23.8. The number of amides is 1. The van der Waals surface area contributed by atoms with Gasteiger partial charge in [0, 0.05) is 30.6 Å². The molecule has 6 rings (SSSR count). The van der Waals surface area contributed by atoms with E-state index in [2.05, 4.69) is 17.1 Å². The van der Waals surface area contributed by atoms with Gasteiger partial charge >= 0.3 is 0 Å². The summed E-state index contributed by atoms with van der Waals surface area (Å²) in [6.45, 7) is 0. The number of guanidine groups is 1. The van der Waals surface area contributed by atoms with Crippen molar-refractivity contribution in [3.8, 4) is 0 Å². The van der Waals surface area contributed by atoms with Crippen LogP contribution in [0.15, 0.2) is 93.6 Å². The molecule has 0 radical (unpaired) electrons. The Kier molecular flexibility index (Phi) is 3.95. The first-order valence-electron chi connectivity index (χ1n) is 10.4. The molecular weight excluding hydrogens is 398 g/mol. The smallest absolute Gasteiger partial charge is 0.299 e. The van der Waals surface area contributed by atoms with Crippen LogP contribution in [0.3, 0.4) is 0 Å². The maximum Gasteiger partial charge on any atom is 0.299 e. The van der Waals surface area contributed by atoms with Crippen LogP contribution in [0.2, 0.25) is 0 Å². The second-order valence-electron chi connectivity index (χ2n) is 8.04. The monoisotopic (exact) mass is 417 g/mol. The summed E-state index contributed by atoms with van der Waals surface area (Å²) in [6.07, 6.45) is 1.81. The van der Waals surface area contributed by atoms with Crippen LogP contribution in [0.1, 0.15) is 5.56 Å². The van der Waals surface area contributed by atoms with Gasteiger partial charge in [-0.15, -0.1) is 0 Å². The van der Waals surface area contributed by atoms with Gasteiger partial charge in [0.2, 0.25) is 0 Å². The average Bonchev–Trinajstić information content (AvgIpc) is 3.12. The third kappa shape index (κ3) is 2.73. The van der Waals surface area contributed by atoms with Crippen molar-refractivity contribution in [1.82, 2.24) is 5.01 Å². The minimum Gasteiger partial charge on any atom is -0.378 e. The second kappa shape index (κ2) is 6.85. The predicted molar refractivity (Wildman–Crippen MR) is 127 cm³/mol. The number of hydrogen-bond donors (Lipinski definition) is 0. The van der Waals surface area contributed by atoms with Gasteiger partial charge in [0.1, 0.15) is 16.4 Å². The number of nitrogens with zero attached hydrogens (tertiary/aromatic N) is 5. The lowest BCUT2D eigenvalue weighted by molar-refractivity contribution is -0.114. The molecule has 0 unspecified atom stereocenters. The molecule has 2 aliphatic rings. The van der Waals surface area contributed by atoms with Crippen molar-refractivity contribution < 1.29 is 4.79 Å². The van der Waals surface area contributed by atoms with E-state index in [-0.39, 0.29) is 5.91 Å². The van der Waals surface area contributed by atoms with Crippen LogP contribution in [-0.2, 0) is 4.79 Å². The van der Waals surface area contributed by atoms with Crippen LogP contribution < -0.4 is 15.6 Å². The van der Waals surface area contributed by atoms with E-state index in [9.17, 15) is 4.79 Å². The van der Waals surface area contributed by atoms with Crippen molar-refractivity contribution in [2.45, 2.75) is 0 Å². The molecule has 2 aliphatic heterocycles. The van der Waals surface area contributed by atoms with Crippen molar-refractivity contribution in [3.05, 3.63) is 94.8 Å². The fraction of sp³-hybridized carbons (Fsp3) is 0.0769. The Morgan fingerprint density at radius 2 is 1.34 bits per heavy atom. The number of fused-ring (bicyclic) bond motifs is 7. The van der Waals surface area contributed by atoms with E-state index in [1.54, 1.807) is 5.01 Å². The first kappa shape index (κ1) is 18.4. The number of benzene rings is 4. The van der Waals surface area contributed by atoms with E-state index in [4.69, 9.17) is 10.1 Å². The fourth-order valence-corrected chi connectivity index (χ4v) is 4.23. The van der Waals surface area contributed by atoms with Crippen LogP contribution >= 0.6 is 0 Å². The molecule has 2 heterocycles. The molecule has 0 saturated heterocycles. The molecule has 4 aromatic rings. The molecule has 0 spiro atoms. The highest BCUT2D eigenvalue weighted by molar-refractivity contribution is 6.13. The zero-order chi connectivity index (χ0) is 21.8. The van der Waals surface area contributed by atoms with Crippen molar-refractivity contribution in [3.63, 3.8) is 0 Å². The molecule has 0 bridgehead atoms. The zero-order valence-corrected chi connectivity index (χ0v) is 17.6. The average molecular weight is 417 g/mol. The molecule has 0 fully saturated rings. The van der Waals surface area contributed by atoms with Crippen LogP contribution in [-0.4, -0.2) is 31.0 Å². The van der Waals surface area contributed by atoms with Gasteiger partial charge in [-0.3, -0.25) is 4.79 Å². The van der Waals surface area contributed by atoms with Crippen LogP contribution in [0.25, 0.3) is 27.6 Å². The predicted octanol–water partition coefficient (Wildman–Crippen LogP) is 3.47. The van der Waals surface area contributed by atoms with Gasteiger partial charge in [-0.25, -0.2) is 4.99 Å². The molecule has 4 aromatic carbocycles. The first-order chi connectivity index (χ1) is 15.6. The zero-order valence-electron chi connectivity index (χ0n) is 17.6. The van der Waals surface area contributed by atoms with Gasteiger partial charge in [0.15, 0.2) is 0 Å². The normalized spacial score (nSPS) is 15.9. The van der Waals surface area contributed by atoms with Crippen molar-refractivity contribution in [2.75, 3.05) is 19.0 Å². The van der Waals surface area contributed by atoms with Crippen LogP contribution in [0.5, 0.6) is 0 Å². The van der Waals surface area contributed by atoms with Crippen molar-refractivity contribution >= 4 is 45.2 Å². The molecule has 1 amide bonds. The molecular formula is C26H19N5O. The first-order valence-corrected chi connectivity index (χ1v) is 10.4. The minimum absolute atomic E-state index is 0.305. The maximum absolute atomic E-state index is 12.8. The highest BCUT2D eigenvalue weighted by Crippen LogP contribution is 2.25. The van der Waals surface area contributed by atoms with Gasteiger partial charge in [0.25, 0.3) is 11.9 Å². The van der Waals surface area contributed by atoms with Gasteiger partial charge < -0.3 is 4.90 Å². The SMILES string of the molecule is CN(C)c1ccc(C=C2C(=O)N=C3N=c4c(c5ccccc5c5ccccc45)=NN23)cc1. The number of carbonyl (C=O) groups excluding carboxylic acids is 1. The molecule has 0 aliphatic carbocycles. The maximum atomic E-state index is 12.8. The molecule has 0 saturated carbocycles. The van der Waals surface area contributed by atoms with Gasteiger partial charge in [0.05, 0.1) is 0 Å². The van der Waals surface area contributed by atoms with Gasteiger partial charge in [-0.2, -0.15) is 15.1 Å². The lowest BCUT2D eigenvalue weighted by Gasteiger charge is -2.17. The van der Waals surface area contributed by atoms with Crippen LogP contribution in [0, 0.1) is 0 Å². The number of aliphatic imine (C=N–C) groups is 1. The summed E-state index contributed by atoms with van der Waals surface area (Å²) in [5, 5.41) is 12.1. The van der Waals surface area contributed by atoms with Crippen molar-refractivity contribution in [1.29, 1.82) is 0 Å². The van der Waals surface area contributed by atoms with E-state index in [0.717, 1.165) is 43.5 Å². The fourth-order valence-electron chi connectivity index (χ4n) is 4.23. The summed E-state index contributed by atoms with van der Waals surface area (Å²) in [5.74, 6) is -0.0373. The summed E-state index contributed by atoms with van der Waals surface area (Å²) in [7, 11) is 3.99. The molecule has 154 valence electrons. The molecule has 0 atom stereocenters. The van der Waals surface area contributed by atoms with E-state index < -0.39 is 0 Å². The van der Waals surface area contributed by atoms with Crippen molar-refractivity contribution in [2.24, 2.45) is 15.1 Å². The van der Waals surface area contributed by atoms with E-state index >= 15 is 0 Å². The van der Waals surface area contributed by atoms with Crippen LogP contribution in [0.4, 0.5) is 5.69 Å². The molecule has 0 N–H and O–H groups in total. The highest BCUT2D eigenvalue weighted by atomic mass is 16.2. The van der Waals surface area contributed by atoms with Gasteiger partial charge in [-0.05, 0) is 34.5 Å². The Bertz CT molecular complexity index is 1610. The Hall–Kier alpha value is -4.32. The third-order valence-corrected chi connectivity index (χ3v) is 5.84. The van der Waals surface area contributed by atoms with E-state index in [1.807, 2.05) is 85.7 Å². The number of carbonyl (C=O) groups is 1. The Balaban J connectivity index is 1.57. The molecule has 6 heteroatoms. The number of rotatable bonds is 2. The summed E-state index contributed by atoms with van der Waals surface area (Å²) in [6, 6.07) is 24.3. The lowest BCUT2D eigenvalue weighted by Crippen LogP contribution is -2.38.